The smallest absolute Gasteiger partial charge is 0.253 e. The molecule has 2 aromatic rings. The molecular formula is C18H17Cl3IN3OS. The van der Waals surface area contributed by atoms with Crippen molar-refractivity contribution in [2.24, 2.45) is 0 Å². The Bertz CT molecular complexity index is 858. The largest absolute Gasteiger partial charge is 0.339 e. The molecule has 0 saturated heterocycles. The van der Waals surface area contributed by atoms with Crippen molar-refractivity contribution in [3.05, 3.63) is 62.7 Å². The van der Waals surface area contributed by atoms with Crippen molar-refractivity contribution < 1.29 is 4.79 Å². The van der Waals surface area contributed by atoms with Gasteiger partial charge in [-0.1, -0.05) is 58.6 Å². The van der Waals surface area contributed by atoms with Crippen LogP contribution in [-0.4, -0.2) is 21.0 Å². The lowest BCUT2D eigenvalue weighted by atomic mass is 10.1. The molecule has 144 valence electrons. The van der Waals surface area contributed by atoms with Crippen LogP contribution >= 0.6 is 69.6 Å². The predicted octanol–water partition coefficient (Wildman–Crippen LogP) is 5.32. The Labute approximate surface area is 192 Å². The zero-order valence-electron chi connectivity index (χ0n) is 14.4. The number of amides is 1. The molecule has 0 aliphatic heterocycles. The molecule has 1 atom stereocenters. The number of nitrogens with one attached hydrogen (secondary N) is 3. The Morgan fingerprint density at radius 1 is 1.11 bits per heavy atom. The summed E-state index contributed by atoms with van der Waals surface area (Å²) in [4.78, 5) is 12.5. The highest BCUT2D eigenvalue weighted by molar-refractivity contribution is 14.1. The quantitative estimate of drug-likeness (QED) is 0.207. The maximum Gasteiger partial charge on any atom is 0.253 e. The molecule has 0 heterocycles. The molecular weight excluding hydrogens is 540 g/mol. The van der Waals surface area contributed by atoms with Gasteiger partial charge in [-0.15, -0.1) is 0 Å². The molecule has 0 spiro atoms. The first-order chi connectivity index (χ1) is 12.6. The first-order valence-electron chi connectivity index (χ1n) is 7.84. The Kier molecular flexibility index (Phi) is 8.00. The van der Waals surface area contributed by atoms with E-state index in [1.54, 1.807) is 18.2 Å². The summed E-state index contributed by atoms with van der Waals surface area (Å²) in [6, 6.07) is 13.0. The van der Waals surface area contributed by atoms with Crippen molar-refractivity contribution in [3.63, 3.8) is 0 Å². The number of halogens is 4. The molecule has 9 heteroatoms. The third-order valence-corrected chi connectivity index (χ3v) is 5.14. The molecule has 0 fully saturated rings. The lowest BCUT2D eigenvalue weighted by molar-refractivity contribution is 0.0934. The minimum absolute atomic E-state index is 0.223. The Morgan fingerprint density at radius 2 is 1.81 bits per heavy atom. The zero-order valence-corrected chi connectivity index (χ0v) is 19.7. The molecule has 0 saturated carbocycles. The van der Waals surface area contributed by atoms with Gasteiger partial charge in [-0.2, -0.15) is 0 Å². The molecule has 4 nitrogen and oxygen atoms in total. The summed E-state index contributed by atoms with van der Waals surface area (Å²) in [6.45, 7) is 3.97. The van der Waals surface area contributed by atoms with E-state index < -0.39 is 9.96 Å². The van der Waals surface area contributed by atoms with Crippen LogP contribution < -0.4 is 16.0 Å². The van der Waals surface area contributed by atoms with E-state index in [4.69, 9.17) is 47.0 Å². The highest BCUT2D eigenvalue weighted by atomic mass is 127. The van der Waals surface area contributed by atoms with E-state index >= 15 is 0 Å². The Balaban J connectivity index is 2.10. The summed E-state index contributed by atoms with van der Waals surface area (Å²) in [5.41, 5.74) is 3.44. The van der Waals surface area contributed by atoms with Gasteiger partial charge < -0.3 is 16.0 Å². The summed E-state index contributed by atoms with van der Waals surface area (Å²) >= 11 is 25.5. The summed E-state index contributed by atoms with van der Waals surface area (Å²) < 4.78 is -0.892. The topological polar surface area (TPSA) is 53.2 Å². The molecule has 3 N–H and O–H groups in total. The summed E-state index contributed by atoms with van der Waals surface area (Å²) in [7, 11) is 0. The van der Waals surface area contributed by atoms with E-state index in [2.05, 4.69) is 38.5 Å². The average molecular weight is 557 g/mol. The van der Waals surface area contributed by atoms with Crippen LogP contribution in [0.5, 0.6) is 0 Å². The first-order valence-corrected chi connectivity index (χ1v) is 10.5. The number of alkyl halides is 3. The molecule has 1 amide bonds. The van der Waals surface area contributed by atoms with Gasteiger partial charge in [-0.3, -0.25) is 4.79 Å². The molecule has 0 aromatic heterocycles. The molecule has 2 rings (SSSR count). The average Bonchev–Trinajstić information content (AvgIpc) is 2.56. The number of carbonyl (C=O) groups excluding carboxylic acids is 1. The number of benzene rings is 2. The Hall–Kier alpha value is -0.800. The predicted molar refractivity (Wildman–Crippen MR) is 126 cm³/mol. The maximum atomic E-state index is 12.5. The van der Waals surface area contributed by atoms with Crippen LogP contribution in [0.2, 0.25) is 0 Å². The third-order valence-electron chi connectivity index (χ3n) is 3.60. The van der Waals surface area contributed by atoms with Gasteiger partial charge in [-0.25, -0.2) is 0 Å². The number of hydrogen-bond acceptors (Lipinski definition) is 2. The van der Waals surface area contributed by atoms with Crippen LogP contribution in [-0.2, 0) is 0 Å². The van der Waals surface area contributed by atoms with Crippen molar-refractivity contribution in [3.8, 4) is 0 Å². The van der Waals surface area contributed by atoms with Crippen LogP contribution in [0.1, 0.15) is 21.5 Å². The maximum absolute atomic E-state index is 12.5. The second kappa shape index (κ2) is 9.60. The third kappa shape index (κ3) is 6.94. The minimum Gasteiger partial charge on any atom is -0.339 e. The number of anilines is 1. The van der Waals surface area contributed by atoms with Crippen molar-refractivity contribution in [2.45, 2.75) is 23.8 Å². The molecule has 0 bridgehead atoms. The molecule has 27 heavy (non-hydrogen) atoms. The monoisotopic (exact) mass is 555 g/mol. The molecule has 0 aliphatic carbocycles. The van der Waals surface area contributed by atoms with Gasteiger partial charge in [0.2, 0.25) is 3.79 Å². The van der Waals surface area contributed by atoms with Gasteiger partial charge >= 0.3 is 0 Å². The minimum atomic E-state index is -1.81. The standard InChI is InChI=1S/C18H17Cl3IN3OS/c1-10-6-7-14(11(2)8-10)23-17(27)25-16(18(19,20)21)24-15(26)12-4-3-5-13(22)9-12/h3-9,16H,1-2H3,(H,24,26)(H2,23,25,27). The van der Waals surface area contributed by atoms with E-state index in [0.717, 1.165) is 20.4 Å². The molecule has 0 radical (unpaired) electrons. The second-order valence-corrected chi connectivity index (χ2v) is 9.90. The van der Waals surface area contributed by atoms with Gasteiger partial charge in [0.1, 0.15) is 6.17 Å². The van der Waals surface area contributed by atoms with E-state index in [0.29, 0.717) is 5.56 Å². The SMILES string of the molecule is Cc1ccc(NC(=S)NC(NC(=O)c2cccc(I)c2)C(Cl)(Cl)Cl)c(C)c1. The highest BCUT2D eigenvalue weighted by Gasteiger charge is 2.35. The van der Waals surface area contributed by atoms with Gasteiger partial charge in [0.25, 0.3) is 5.91 Å². The van der Waals surface area contributed by atoms with Crippen molar-refractivity contribution in [2.75, 3.05) is 5.32 Å². The van der Waals surface area contributed by atoms with E-state index in [9.17, 15) is 4.79 Å². The molecule has 0 aliphatic rings. The zero-order chi connectivity index (χ0) is 20.2. The number of aryl methyl sites for hydroxylation is 2. The number of hydrogen-bond donors (Lipinski definition) is 3. The van der Waals surface area contributed by atoms with Crippen LogP contribution in [0, 0.1) is 17.4 Å². The molecule has 1 unspecified atom stereocenters. The second-order valence-electron chi connectivity index (χ2n) is 5.88. The van der Waals surface area contributed by atoms with Crippen LogP contribution in [0.3, 0.4) is 0 Å². The van der Waals surface area contributed by atoms with E-state index in [1.807, 2.05) is 38.1 Å². The number of thiocarbonyl (C=S) groups is 1. The van der Waals surface area contributed by atoms with Crippen LogP contribution in [0.15, 0.2) is 42.5 Å². The van der Waals surface area contributed by atoms with Crippen LogP contribution in [0.4, 0.5) is 5.69 Å². The fourth-order valence-corrected chi connectivity index (χ4v) is 3.39. The summed E-state index contributed by atoms with van der Waals surface area (Å²) in [5, 5.41) is 8.79. The van der Waals surface area contributed by atoms with Gasteiger partial charge in [0.05, 0.1) is 0 Å². The van der Waals surface area contributed by atoms with Crippen molar-refractivity contribution in [1.29, 1.82) is 0 Å². The lowest BCUT2D eigenvalue weighted by Crippen LogP contribution is -2.56. The fraction of sp³-hybridized carbons (Fsp3) is 0.222. The van der Waals surface area contributed by atoms with E-state index in [1.165, 1.54) is 0 Å². The van der Waals surface area contributed by atoms with Crippen molar-refractivity contribution >= 4 is 86.3 Å². The number of carbonyl (C=O) groups is 1. The summed E-state index contributed by atoms with van der Waals surface area (Å²) in [6.07, 6.45) is -1.03. The first kappa shape index (κ1) is 22.5. The number of rotatable bonds is 4. The normalized spacial score (nSPS) is 12.2. The van der Waals surface area contributed by atoms with Gasteiger partial charge in [0.15, 0.2) is 5.11 Å². The summed E-state index contributed by atoms with van der Waals surface area (Å²) in [5.74, 6) is -0.383. The highest BCUT2D eigenvalue weighted by Crippen LogP contribution is 2.29. The lowest BCUT2D eigenvalue weighted by Gasteiger charge is -2.28. The van der Waals surface area contributed by atoms with Crippen LogP contribution in [0.25, 0.3) is 0 Å². The van der Waals surface area contributed by atoms with E-state index in [-0.39, 0.29) is 11.0 Å². The van der Waals surface area contributed by atoms with Gasteiger partial charge in [0, 0.05) is 14.8 Å². The van der Waals surface area contributed by atoms with Gasteiger partial charge in [-0.05, 0) is 78.5 Å². The molecule has 2 aromatic carbocycles. The van der Waals surface area contributed by atoms with Crippen molar-refractivity contribution in [1.82, 2.24) is 10.6 Å². The fourth-order valence-electron chi connectivity index (χ4n) is 2.29. The Morgan fingerprint density at radius 3 is 2.41 bits per heavy atom.